The van der Waals surface area contributed by atoms with Crippen LogP contribution < -0.4 is 9.64 Å². The van der Waals surface area contributed by atoms with Crippen LogP contribution in [-0.4, -0.2) is 49.1 Å². The maximum absolute atomic E-state index is 13.9. The molecule has 3 aromatic rings. The van der Waals surface area contributed by atoms with Gasteiger partial charge in [-0.25, -0.2) is 4.39 Å². The van der Waals surface area contributed by atoms with Crippen molar-refractivity contribution in [2.45, 2.75) is 44.8 Å². The number of anilines is 1. The number of hydrogen-bond acceptors (Lipinski definition) is 4. The van der Waals surface area contributed by atoms with Crippen LogP contribution in [0.5, 0.6) is 5.75 Å². The maximum Gasteiger partial charge on any atom is 0.254 e. The first-order chi connectivity index (χ1) is 18.6. The van der Waals surface area contributed by atoms with Crippen molar-refractivity contribution in [1.82, 2.24) is 4.90 Å². The monoisotopic (exact) mass is 516 g/mol. The fourth-order valence-corrected chi connectivity index (χ4v) is 5.10. The van der Waals surface area contributed by atoms with Gasteiger partial charge in [0.1, 0.15) is 11.6 Å². The molecule has 0 spiro atoms. The topological polar surface area (TPSA) is 59.1 Å². The molecule has 2 aliphatic heterocycles. The lowest BCUT2D eigenvalue weighted by molar-refractivity contribution is -0.117. The zero-order valence-electron chi connectivity index (χ0n) is 21.5. The van der Waals surface area contributed by atoms with Crippen LogP contribution in [0.4, 0.5) is 10.1 Å². The standard InChI is InChI=1S/C31H33FN2O4/c32-29-13-2-1-8-24(29)15-18-38-27-11-3-7-23(19-27)21-33(22-28-12-6-17-37-28)31(36)25-9-4-10-26(20-25)34-16-5-14-30(34)35/h1-4,7-11,13,19-20,28H,5-6,12,14-18,21-22H2/t28-/m0/s1. The minimum absolute atomic E-state index is 0.00231. The summed E-state index contributed by atoms with van der Waals surface area (Å²) in [5.41, 5.74) is 2.87. The Morgan fingerprint density at radius 3 is 2.71 bits per heavy atom. The van der Waals surface area contributed by atoms with Gasteiger partial charge in [-0.2, -0.15) is 0 Å². The molecule has 0 saturated carbocycles. The van der Waals surface area contributed by atoms with E-state index in [0.717, 1.165) is 30.5 Å². The first kappa shape index (κ1) is 25.9. The Morgan fingerprint density at radius 2 is 1.92 bits per heavy atom. The average Bonchev–Trinajstić information content (AvgIpc) is 3.61. The van der Waals surface area contributed by atoms with Crippen molar-refractivity contribution in [2.75, 3.05) is 31.2 Å². The number of halogens is 1. The van der Waals surface area contributed by atoms with Crippen LogP contribution in [0.3, 0.4) is 0 Å². The van der Waals surface area contributed by atoms with Crippen LogP contribution >= 0.6 is 0 Å². The van der Waals surface area contributed by atoms with Gasteiger partial charge in [-0.15, -0.1) is 0 Å². The van der Waals surface area contributed by atoms with E-state index in [9.17, 15) is 14.0 Å². The lowest BCUT2D eigenvalue weighted by Crippen LogP contribution is -2.37. The molecule has 0 aliphatic carbocycles. The predicted octanol–water partition coefficient (Wildman–Crippen LogP) is 5.40. The van der Waals surface area contributed by atoms with E-state index in [2.05, 4.69) is 0 Å². The Morgan fingerprint density at radius 1 is 1.05 bits per heavy atom. The Bertz CT molecular complexity index is 1270. The summed E-state index contributed by atoms with van der Waals surface area (Å²) in [6.07, 6.45) is 3.76. The van der Waals surface area contributed by atoms with Crippen molar-refractivity contribution in [3.63, 3.8) is 0 Å². The van der Waals surface area contributed by atoms with Crippen LogP contribution in [-0.2, 0) is 22.5 Å². The van der Waals surface area contributed by atoms with Gasteiger partial charge in [0.2, 0.25) is 5.91 Å². The second-order valence-corrected chi connectivity index (χ2v) is 9.86. The smallest absolute Gasteiger partial charge is 0.254 e. The first-order valence-corrected chi connectivity index (χ1v) is 13.3. The van der Waals surface area contributed by atoms with Gasteiger partial charge in [-0.05, 0) is 66.8 Å². The van der Waals surface area contributed by atoms with Crippen molar-refractivity contribution in [3.05, 3.63) is 95.3 Å². The van der Waals surface area contributed by atoms with Crippen molar-refractivity contribution in [3.8, 4) is 5.75 Å². The fourth-order valence-electron chi connectivity index (χ4n) is 5.10. The normalized spacial score (nSPS) is 17.1. The molecule has 5 rings (SSSR count). The molecule has 2 aliphatic rings. The molecule has 38 heavy (non-hydrogen) atoms. The van der Waals surface area contributed by atoms with Gasteiger partial charge in [0, 0.05) is 50.3 Å². The largest absolute Gasteiger partial charge is 0.493 e. The summed E-state index contributed by atoms with van der Waals surface area (Å²) in [7, 11) is 0. The van der Waals surface area contributed by atoms with E-state index in [1.165, 1.54) is 6.07 Å². The van der Waals surface area contributed by atoms with Crippen molar-refractivity contribution >= 4 is 17.5 Å². The molecule has 2 fully saturated rings. The Kier molecular flexibility index (Phi) is 8.34. The molecule has 0 unspecified atom stereocenters. The molecule has 7 heteroatoms. The molecule has 2 saturated heterocycles. The van der Waals surface area contributed by atoms with Crippen LogP contribution in [0.1, 0.15) is 47.2 Å². The molecule has 6 nitrogen and oxygen atoms in total. The van der Waals surface area contributed by atoms with Gasteiger partial charge in [-0.1, -0.05) is 36.4 Å². The summed E-state index contributed by atoms with van der Waals surface area (Å²) in [6, 6.07) is 21.7. The van der Waals surface area contributed by atoms with Crippen molar-refractivity contribution in [2.24, 2.45) is 0 Å². The highest BCUT2D eigenvalue weighted by molar-refractivity contribution is 5.99. The molecule has 0 radical (unpaired) electrons. The van der Waals surface area contributed by atoms with Gasteiger partial charge in [0.25, 0.3) is 5.91 Å². The fraction of sp³-hybridized carbons (Fsp3) is 0.355. The number of carbonyl (C=O) groups excluding carboxylic acids is 2. The van der Waals surface area contributed by atoms with Crippen LogP contribution in [0.15, 0.2) is 72.8 Å². The lowest BCUT2D eigenvalue weighted by Gasteiger charge is -2.26. The van der Waals surface area contributed by atoms with E-state index in [-0.39, 0.29) is 23.7 Å². The summed E-state index contributed by atoms with van der Waals surface area (Å²) in [4.78, 5) is 29.6. The number of carbonyl (C=O) groups is 2. The molecule has 0 N–H and O–H groups in total. The highest BCUT2D eigenvalue weighted by Gasteiger charge is 2.26. The third-order valence-electron chi connectivity index (χ3n) is 7.08. The van der Waals surface area contributed by atoms with E-state index in [1.54, 1.807) is 23.1 Å². The van der Waals surface area contributed by atoms with Gasteiger partial charge >= 0.3 is 0 Å². The number of amides is 2. The molecule has 198 valence electrons. The summed E-state index contributed by atoms with van der Waals surface area (Å²) >= 11 is 0. The zero-order chi connectivity index (χ0) is 26.3. The van der Waals surface area contributed by atoms with E-state index in [1.807, 2.05) is 53.4 Å². The number of benzene rings is 3. The minimum Gasteiger partial charge on any atom is -0.493 e. The van der Waals surface area contributed by atoms with Crippen LogP contribution in [0.25, 0.3) is 0 Å². The third-order valence-corrected chi connectivity index (χ3v) is 7.08. The quantitative estimate of drug-likeness (QED) is 0.362. The maximum atomic E-state index is 13.9. The van der Waals surface area contributed by atoms with Crippen LogP contribution in [0.2, 0.25) is 0 Å². The van der Waals surface area contributed by atoms with E-state index in [4.69, 9.17) is 9.47 Å². The van der Waals surface area contributed by atoms with Crippen molar-refractivity contribution < 1.29 is 23.5 Å². The number of nitrogens with zero attached hydrogens (tertiary/aromatic N) is 2. The summed E-state index contributed by atoms with van der Waals surface area (Å²) < 4.78 is 25.7. The van der Waals surface area contributed by atoms with Gasteiger partial charge in [0.15, 0.2) is 0 Å². The molecular formula is C31H33FN2O4. The highest BCUT2D eigenvalue weighted by atomic mass is 19.1. The zero-order valence-corrected chi connectivity index (χ0v) is 21.5. The molecule has 1 atom stereocenters. The summed E-state index contributed by atoms with van der Waals surface area (Å²) in [5, 5.41) is 0. The Hall–Kier alpha value is -3.71. The average molecular weight is 517 g/mol. The molecule has 0 aromatic heterocycles. The van der Waals surface area contributed by atoms with E-state index >= 15 is 0 Å². The van der Waals surface area contributed by atoms with E-state index < -0.39 is 0 Å². The number of ether oxygens (including phenoxy) is 2. The predicted molar refractivity (Wildman–Crippen MR) is 144 cm³/mol. The molecule has 2 amide bonds. The molecule has 3 aromatic carbocycles. The summed E-state index contributed by atoms with van der Waals surface area (Å²) in [6.45, 7) is 2.63. The SMILES string of the molecule is O=C(c1cccc(N2CCCC2=O)c1)N(Cc1cccc(OCCc2ccccc2F)c1)C[C@@H]1CCCO1. The Labute approximate surface area is 223 Å². The molecule has 0 bridgehead atoms. The first-order valence-electron chi connectivity index (χ1n) is 13.3. The van der Waals surface area contributed by atoms with Crippen molar-refractivity contribution in [1.29, 1.82) is 0 Å². The molecular weight excluding hydrogens is 483 g/mol. The minimum atomic E-state index is -0.230. The second-order valence-electron chi connectivity index (χ2n) is 9.86. The van der Waals surface area contributed by atoms with E-state index in [0.29, 0.717) is 62.6 Å². The van der Waals surface area contributed by atoms with Gasteiger partial charge in [0.05, 0.1) is 12.7 Å². The van der Waals surface area contributed by atoms with Gasteiger partial charge in [-0.3, -0.25) is 9.59 Å². The number of rotatable bonds is 10. The lowest BCUT2D eigenvalue weighted by atomic mass is 10.1. The van der Waals surface area contributed by atoms with Gasteiger partial charge < -0.3 is 19.3 Å². The second kappa shape index (κ2) is 12.2. The highest BCUT2D eigenvalue weighted by Crippen LogP contribution is 2.25. The van der Waals surface area contributed by atoms with Crippen LogP contribution in [0, 0.1) is 5.82 Å². The summed E-state index contributed by atoms with van der Waals surface area (Å²) in [5.74, 6) is 0.446. The third kappa shape index (κ3) is 6.40. The Balaban J connectivity index is 1.29. The molecule has 2 heterocycles. The number of hydrogen-bond donors (Lipinski definition) is 0.